The predicted octanol–water partition coefficient (Wildman–Crippen LogP) is 2.60. The first-order chi connectivity index (χ1) is 8.24. The molecule has 1 saturated carbocycles. The van der Waals surface area contributed by atoms with Crippen LogP contribution in [0.15, 0.2) is 24.3 Å². The lowest BCUT2D eigenvalue weighted by Gasteiger charge is -2.28. The highest BCUT2D eigenvalue weighted by Gasteiger charge is 2.52. The van der Waals surface area contributed by atoms with Gasteiger partial charge in [0.15, 0.2) is 0 Å². The van der Waals surface area contributed by atoms with Crippen molar-refractivity contribution < 1.29 is 9.18 Å². The molecule has 1 spiro atoms. The summed E-state index contributed by atoms with van der Waals surface area (Å²) >= 11 is 0. The van der Waals surface area contributed by atoms with Crippen molar-refractivity contribution in [2.75, 3.05) is 6.54 Å². The molecule has 1 amide bonds. The molecule has 17 heavy (non-hydrogen) atoms. The van der Waals surface area contributed by atoms with Gasteiger partial charge in [-0.1, -0.05) is 31.0 Å². The van der Waals surface area contributed by atoms with Crippen molar-refractivity contribution in [3.8, 4) is 0 Å². The molecule has 1 aromatic rings. The summed E-state index contributed by atoms with van der Waals surface area (Å²) < 4.78 is 13.9. The Morgan fingerprint density at radius 1 is 1.24 bits per heavy atom. The van der Waals surface area contributed by atoms with Crippen LogP contribution in [0.25, 0.3) is 0 Å². The molecule has 3 rings (SSSR count). The lowest BCUT2D eigenvalue weighted by molar-refractivity contribution is -0.127. The average Bonchev–Trinajstić information content (AvgIpc) is 2.92. The van der Waals surface area contributed by atoms with Gasteiger partial charge in [0.1, 0.15) is 5.82 Å². The van der Waals surface area contributed by atoms with Gasteiger partial charge in [-0.25, -0.2) is 4.39 Å². The summed E-state index contributed by atoms with van der Waals surface area (Å²) in [5.74, 6) is -0.0396. The van der Waals surface area contributed by atoms with Crippen molar-refractivity contribution in [3.05, 3.63) is 35.6 Å². The number of rotatable bonds is 1. The van der Waals surface area contributed by atoms with E-state index in [-0.39, 0.29) is 23.1 Å². The van der Waals surface area contributed by atoms with Crippen LogP contribution < -0.4 is 5.32 Å². The predicted molar refractivity (Wildman–Crippen MR) is 63.1 cm³/mol. The van der Waals surface area contributed by atoms with Crippen molar-refractivity contribution in [1.29, 1.82) is 0 Å². The molecule has 1 heterocycles. The maximum atomic E-state index is 13.9. The van der Waals surface area contributed by atoms with Gasteiger partial charge in [0.2, 0.25) is 5.91 Å². The molecule has 2 nitrogen and oxygen atoms in total. The summed E-state index contributed by atoms with van der Waals surface area (Å²) in [5, 5.41) is 2.92. The number of hydrogen-bond donors (Lipinski definition) is 1. The van der Waals surface area contributed by atoms with Crippen molar-refractivity contribution in [3.63, 3.8) is 0 Å². The number of halogens is 1. The second kappa shape index (κ2) is 3.83. The van der Waals surface area contributed by atoms with Gasteiger partial charge in [0.25, 0.3) is 0 Å². The van der Waals surface area contributed by atoms with Gasteiger partial charge in [-0.3, -0.25) is 4.79 Å². The van der Waals surface area contributed by atoms with Crippen LogP contribution >= 0.6 is 0 Å². The van der Waals surface area contributed by atoms with Crippen LogP contribution in [0.3, 0.4) is 0 Å². The van der Waals surface area contributed by atoms with Crippen LogP contribution in [0.1, 0.15) is 37.2 Å². The van der Waals surface area contributed by atoms with E-state index < -0.39 is 0 Å². The van der Waals surface area contributed by atoms with Gasteiger partial charge < -0.3 is 5.32 Å². The fourth-order valence-electron chi connectivity index (χ4n) is 3.47. The quantitative estimate of drug-likeness (QED) is 0.793. The Morgan fingerprint density at radius 2 is 1.94 bits per heavy atom. The number of amides is 1. The first kappa shape index (κ1) is 10.8. The standard InChI is InChI=1S/C14H16FNO/c15-12-6-2-1-5-10(12)11-9-16-13(17)14(11)7-3-4-8-14/h1-2,5-6,11H,3-4,7-9H2,(H,16,17)/t11-/m1/s1. The summed E-state index contributed by atoms with van der Waals surface area (Å²) in [6, 6.07) is 6.86. The van der Waals surface area contributed by atoms with Crippen LogP contribution in [-0.2, 0) is 4.79 Å². The van der Waals surface area contributed by atoms with E-state index in [0.717, 1.165) is 25.7 Å². The molecule has 0 radical (unpaired) electrons. The van der Waals surface area contributed by atoms with E-state index in [1.54, 1.807) is 6.07 Å². The summed E-state index contributed by atoms with van der Waals surface area (Å²) in [7, 11) is 0. The normalized spacial score (nSPS) is 26.4. The minimum Gasteiger partial charge on any atom is -0.355 e. The van der Waals surface area contributed by atoms with E-state index in [2.05, 4.69) is 5.32 Å². The molecular formula is C14H16FNO. The first-order valence-electron chi connectivity index (χ1n) is 6.27. The number of hydrogen-bond acceptors (Lipinski definition) is 1. The number of carbonyl (C=O) groups excluding carboxylic acids is 1. The molecule has 0 unspecified atom stereocenters. The fraction of sp³-hybridized carbons (Fsp3) is 0.500. The summed E-state index contributed by atoms with van der Waals surface area (Å²) in [6.45, 7) is 0.583. The number of carbonyl (C=O) groups is 1. The zero-order chi connectivity index (χ0) is 11.9. The second-order valence-electron chi connectivity index (χ2n) is 5.15. The van der Waals surface area contributed by atoms with Gasteiger partial charge in [0.05, 0.1) is 5.41 Å². The van der Waals surface area contributed by atoms with Crippen molar-refractivity contribution >= 4 is 5.91 Å². The fourth-order valence-corrected chi connectivity index (χ4v) is 3.47. The van der Waals surface area contributed by atoms with E-state index >= 15 is 0 Å². The van der Waals surface area contributed by atoms with Crippen LogP contribution in [-0.4, -0.2) is 12.5 Å². The zero-order valence-corrected chi connectivity index (χ0v) is 9.71. The monoisotopic (exact) mass is 233 g/mol. The largest absolute Gasteiger partial charge is 0.355 e. The lowest BCUT2D eigenvalue weighted by Crippen LogP contribution is -2.31. The Kier molecular flexibility index (Phi) is 2.42. The van der Waals surface area contributed by atoms with Gasteiger partial charge in [-0.2, -0.15) is 0 Å². The Labute approximate surface area is 100 Å². The van der Waals surface area contributed by atoms with Crippen molar-refractivity contribution in [2.45, 2.75) is 31.6 Å². The topological polar surface area (TPSA) is 29.1 Å². The van der Waals surface area contributed by atoms with Crippen LogP contribution in [0.5, 0.6) is 0 Å². The SMILES string of the molecule is O=C1NC[C@H](c2ccccc2F)C12CCCC2. The molecule has 3 heteroatoms. The number of benzene rings is 1. The van der Waals surface area contributed by atoms with Crippen molar-refractivity contribution in [2.24, 2.45) is 5.41 Å². The Morgan fingerprint density at radius 3 is 2.65 bits per heavy atom. The molecule has 1 N–H and O–H groups in total. The summed E-state index contributed by atoms with van der Waals surface area (Å²) in [5.41, 5.74) is 0.370. The van der Waals surface area contributed by atoms with Crippen LogP contribution in [0.4, 0.5) is 4.39 Å². The highest BCUT2D eigenvalue weighted by molar-refractivity contribution is 5.86. The van der Waals surface area contributed by atoms with Crippen LogP contribution in [0.2, 0.25) is 0 Å². The van der Waals surface area contributed by atoms with E-state index in [0.29, 0.717) is 12.1 Å². The second-order valence-corrected chi connectivity index (χ2v) is 5.15. The van der Waals surface area contributed by atoms with E-state index in [9.17, 15) is 9.18 Å². The van der Waals surface area contributed by atoms with Crippen molar-refractivity contribution in [1.82, 2.24) is 5.32 Å². The van der Waals surface area contributed by atoms with E-state index in [1.165, 1.54) is 6.07 Å². The smallest absolute Gasteiger partial charge is 0.226 e. The van der Waals surface area contributed by atoms with Gasteiger partial charge in [-0.05, 0) is 24.5 Å². The highest BCUT2D eigenvalue weighted by atomic mass is 19.1. The molecular weight excluding hydrogens is 217 g/mol. The maximum absolute atomic E-state index is 13.9. The Hall–Kier alpha value is -1.38. The average molecular weight is 233 g/mol. The van der Waals surface area contributed by atoms with E-state index in [1.807, 2.05) is 12.1 Å². The molecule has 2 fully saturated rings. The third kappa shape index (κ3) is 1.48. The van der Waals surface area contributed by atoms with E-state index in [4.69, 9.17) is 0 Å². The minimum atomic E-state index is -0.331. The Balaban J connectivity index is 2.03. The molecule has 2 aliphatic rings. The van der Waals surface area contributed by atoms with Crippen LogP contribution in [0, 0.1) is 11.2 Å². The molecule has 1 saturated heterocycles. The first-order valence-corrected chi connectivity index (χ1v) is 6.27. The molecule has 1 atom stereocenters. The summed E-state index contributed by atoms with van der Waals surface area (Å²) in [4.78, 5) is 12.1. The summed E-state index contributed by atoms with van der Waals surface area (Å²) in [6.07, 6.45) is 3.96. The Bertz CT molecular complexity index is 451. The van der Waals surface area contributed by atoms with Gasteiger partial charge in [-0.15, -0.1) is 0 Å². The lowest BCUT2D eigenvalue weighted by atomic mass is 9.72. The molecule has 0 aromatic heterocycles. The minimum absolute atomic E-state index is 0.0127. The molecule has 1 aromatic carbocycles. The molecule has 1 aliphatic carbocycles. The highest BCUT2D eigenvalue weighted by Crippen LogP contribution is 2.51. The number of nitrogens with one attached hydrogen (secondary N) is 1. The third-order valence-electron chi connectivity index (χ3n) is 4.36. The third-order valence-corrected chi connectivity index (χ3v) is 4.36. The van der Waals surface area contributed by atoms with Gasteiger partial charge in [0, 0.05) is 12.5 Å². The zero-order valence-electron chi connectivity index (χ0n) is 9.71. The molecule has 0 bridgehead atoms. The molecule has 1 aliphatic heterocycles. The maximum Gasteiger partial charge on any atom is 0.226 e. The molecule has 90 valence electrons. The van der Waals surface area contributed by atoms with Gasteiger partial charge >= 0.3 is 0 Å².